The summed E-state index contributed by atoms with van der Waals surface area (Å²) in [4.78, 5) is 17.0. The quantitative estimate of drug-likeness (QED) is 0.605. The lowest BCUT2D eigenvalue weighted by molar-refractivity contribution is -0.117. The first-order chi connectivity index (χ1) is 7.88. The van der Waals surface area contributed by atoms with Crippen molar-refractivity contribution in [1.82, 2.24) is 4.98 Å². The van der Waals surface area contributed by atoms with Crippen LogP contribution in [0.1, 0.15) is 6.42 Å². The van der Waals surface area contributed by atoms with E-state index in [1.54, 1.807) is 12.1 Å². The second-order valence-corrected chi connectivity index (χ2v) is 7.36. The smallest absolute Gasteiger partial charge is 0.237 e. The van der Waals surface area contributed by atoms with Crippen molar-refractivity contribution >= 4 is 47.3 Å². The molecule has 17 heavy (non-hydrogen) atoms. The Kier molecular flexibility index (Phi) is 3.42. The zero-order valence-electron chi connectivity index (χ0n) is 8.51. The third-order valence-corrected chi connectivity index (χ3v) is 4.81. The highest BCUT2D eigenvalue weighted by Crippen LogP contribution is 2.27. The van der Waals surface area contributed by atoms with Crippen LogP contribution in [0, 0.1) is 0 Å². The SMILES string of the molecule is O=C1CC(S(=O)(=O)Cl)CN1c1ccnc(Br)c1. The fraction of sp³-hybridized carbons (Fsp3) is 0.333. The molecule has 1 aliphatic rings. The maximum atomic E-state index is 11.7. The molecule has 1 unspecified atom stereocenters. The normalized spacial score (nSPS) is 20.9. The summed E-state index contributed by atoms with van der Waals surface area (Å²) in [5.74, 6) is -0.252. The molecular weight excluding hydrogens is 332 g/mol. The van der Waals surface area contributed by atoms with Gasteiger partial charge in [0.2, 0.25) is 15.0 Å². The monoisotopic (exact) mass is 338 g/mol. The Hall–Kier alpha value is -0.660. The minimum absolute atomic E-state index is 0.0776. The molecule has 0 aliphatic carbocycles. The first-order valence-corrected chi connectivity index (χ1v) is 7.90. The number of carbonyl (C=O) groups is 1. The molecule has 1 aliphatic heterocycles. The summed E-state index contributed by atoms with van der Waals surface area (Å²) < 4.78 is 23.0. The predicted octanol–water partition coefficient (Wildman–Crippen LogP) is 1.52. The van der Waals surface area contributed by atoms with Gasteiger partial charge in [0.05, 0.1) is 0 Å². The summed E-state index contributed by atoms with van der Waals surface area (Å²) in [5, 5.41) is -0.844. The molecule has 1 saturated heterocycles. The molecule has 1 atom stereocenters. The Balaban J connectivity index is 2.28. The average Bonchev–Trinajstić information content (AvgIpc) is 2.60. The number of carbonyl (C=O) groups excluding carboxylic acids is 1. The molecule has 1 aromatic heterocycles. The molecule has 1 aromatic rings. The molecule has 2 rings (SSSR count). The Morgan fingerprint density at radius 2 is 2.24 bits per heavy atom. The molecule has 1 fully saturated rings. The number of nitrogens with zero attached hydrogens (tertiary/aromatic N) is 2. The van der Waals surface area contributed by atoms with Gasteiger partial charge >= 0.3 is 0 Å². The van der Waals surface area contributed by atoms with E-state index in [1.807, 2.05) is 0 Å². The number of hydrogen-bond donors (Lipinski definition) is 0. The van der Waals surface area contributed by atoms with Crippen LogP contribution in [0.4, 0.5) is 5.69 Å². The van der Waals surface area contributed by atoms with Crippen LogP contribution in [-0.2, 0) is 13.8 Å². The molecule has 2 heterocycles. The first-order valence-electron chi connectivity index (χ1n) is 4.73. The highest BCUT2D eigenvalue weighted by atomic mass is 79.9. The van der Waals surface area contributed by atoms with Crippen molar-refractivity contribution in [3.63, 3.8) is 0 Å². The van der Waals surface area contributed by atoms with Crippen molar-refractivity contribution in [3.05, 3.63) is 22.9 Å². The van der Waals surface area contributed by atoms with E-state index in [-0.39, 0.29) is 18.9 Å². The average molecular weight is 340 g/mol. The highest BCUT2D eigenvalue weighted by molar-refractivity contribution is 9.10. The van der Waals surface area contributed by atoms with Crippen molar-refractivity contribution < 1.29 is 13.2 Å². The molecule has 0 radical (unpaired) electrons. The van der Waals surface area contributed by atoms with E-state index < -0.39 is 14.3 Å². The van der Waals surface area contributed by atoms with Gasteiger partial charge in [0, 0.05) is 35.5 Å². The highest BCUT2D eigenvalue weighted by Gasteiger charge is 2.37. The van der Waals surface area contributed by atoms with Gasteiger partial charge in [0.25, 0.3) is 0 Å². The van der Waals surface area contributed by atoms with Crippen molar-refractivity contribution in [2.45, 2.75) is 11.7 Å². The molecule has 1 amide bonds. The molecule has 0 spiro atoms. The van der Waals surface area contributed by atoms with Crippen molar-refractivity contribution in [2.24, 2.45) is 0 Å². The van der Waals surface area contributed by atoms with Crippen LogP contribution in [0.5, 0.6) is 0 Å². The number of amides is 1. The van der Waals surface area contributed by atoms with Crippen molar-refractivity contribution in [3.8, 4) is 0 Å². The molecule has 92 valence electrons. The zero-order chi connectivity index (χ0) is 12.6. The van der Waals surface area contributed by atoms with Crippen LogP contribution < -0.4 is 4.90 Å². The summed E-state index contributed by atoms with van der Waals surface area (Å²) in [6.07, 6.45) is 1.46. The van der Waals surface area contributed by atoms with Crippen LogP contribution in [0.25, 0.3) is 0 Å². The van der Waals surface area contributed by atoms with Gasteiger partial charge in [-0.3, -0.25) is 4.79 Å². The Morgan fingerprint density at radius 3 is 2.76 bits per heavy atom. The van der Waals surface area contributed by atoms with E-state index in [4.69, 9.17) is 10.7 Å². The fourth-order valence-electron chi connectivity index (χ4n) is 1.67. The van der Waals surface area contributed by atoms with Gasteiger partial charge in [-0.15, -0.1) is 0 Å². The van der Waals surface area contributed by atoms with E-state index in [0.717, 1.165) is 0 Å². The van der Waals surface area contributed by atoms with Gasteiger partial charge in [0.15, 0.2) is 0 Å². The lowest BCUT2D eigenvalue weighted by atomic mass is 10.4. The van der Waals surface area contributed by atoms with E-state index in [9.17, 15) is 13.2 Å². The van der Waals surface area contributed by atoms with Crippen molar-refractivity contribution in [1.29, 1.82) is 0 Å². The summed E-state index contributed by atoms with van der Waals surface area (Å²) in [6.45, 7) is 0.0844. The van der Waals surface area contributed by atoms with E-state index >= 15 is 0 Å². The van der Waals surface area contributed by atoms with Gasteiger partial charge in [-0.2, -0.15) is 0 Å². The number of pyridine rings is 1. The van der Waals surface area contributed by atoms with Crippen LogP contribution in [0.3, 0.4) is 0 Å². The van der Waals surface area contributed by atoms with E-state index in [0.29, 0.717) is 10.3 Å². The Morgan fingerprint density at radius 1 is 1.53 bits per heavy atom. The third-order valence-electron chi connectivity index (χ3n) is 2.51. The fourth-order valence-corrected chi connectivity index (χ4v) is 3.05. The largest absolute Gasteiger partial charge is 0.311 e. The molecule has 0 bridgehead atoms. The maximum absolute atomic E-state index is 11.7. The minimum atomic E-state index is -3.70. The number of anilines is 1. The van der Waals surface area contributed by atoms with E-state index in [1.165, 1.54) is 11.1 Å². The number of hydrogen-bond acceptors (Lipinski definition) is 4. The van der Waals surface area contributed by atoms with Crippen LogP contribution in [0.15, 0.2) is 22.9 Å². The zero-order valence-corrected chi connectivity index (χ0v) is 11.7. The van der Waals surface area contributed by atoms with Gasteiger partial charge in [-0.1, -0.05) is 0 Å². The predicted molar refractivity (Wildman–Crippen MR) is 67.5 cm³/mol. The van der Waals surface area contributed by atoms with Crippen LogP contribution >= 0.6 is 26.6 Å². The van der Waals surface area contributed by atoms with E-state index in [2.05, 4.69) is 20.9 Å². The number of halogens is 2. The minimum Gasteiger partial charge on any atom is -0.311 e. The number of aromatic nitrogens is 1. The van der Waals surface area contributed by atoms with Gasteiger partial charge < -0.3 is 4.90 Å². The van der Waals surface area contributed by atoms with Crippen LogP contribution in [-0.4, -0.2) is 31.1 Å². The molecular formula is C9H8BrClN2O3S. The number of rotatable bonds is 2. The van der Waals surface area contributed by atoms with Gasteiger partial charge in [-0.25, -0.2) is 13.4 Å². The second-order valence-electron chi connectivity index (χ2n) is 3.64. The third kappa shape index (κ3) is 2.78. The molecule has 0 N–H and O–H groups in total. The summed E-state index contributed by atoms with van der Waals surface area (Å²) in [7, 11) is 1.56. The lowest BCUT2D eigenvalue weighted by Gasteiger charge is -2.15. The van der Waals surface area contributed by atoms with Crippen LogP contribution in [0.2, 0.25) is 0 Å². The summed E-state index contributed by atoms with van der Waals surface area (Å²) >= 11 is 3.19. The second kappa shape index (κ2) is 4.55. The Bertz CT molecular complexity index is 563. The van der Waals surface area contributed by atoms with Gasteiger partial charge in [0.1, 0.15) is 9.85 Å². The standard InChI is InChI=1S/C9H8BrClN2O3S/c10-8-3-6(1-2-12-8)13-5-7(4-9(13)14)17(11,15)16/h1-3,7H,4-5H2. The summed E-state index contributed by atoms with van der Waals surface area (Å²) in [6, 6.07) is 3.30. The summed E-state index contributed by atoms with van der Waals surface area (Å²) in [5.41, 5.74) is 0.611. The first kappa shape index (κ1) is 12.8. The molecule has 5 nitrogen and oxygen atoms in total. The molecule has 0 saturated carbocycles. The molecule has 8 heteroatoms. The van der Waals surface area contributed by atoms with Crippen molar-refractivity contribution in [2.75, 3.05) is 11.4 Å². The topological polar surface area (TPSA) is 67.3 Å². The molecule has 0 aromatic carbocycles. The Labute approximate surface area is 111 Å². The van der Waals surface area contributed by atoms with Gasteiger partial charge in [-0.05, 0) is 28.1 Å². The lowest BCUT2D eigenvalue weighted by Crippen LogP contribution is -2.26. The maximum Gasteiger partial charge on any atom is 0.237 e.